The van der Waals surface area contributed by atoms with Crippen molar-refractivity contribution in [1.29, 1.82) is 0 Å². The molecular weight excluding hydrogens is 556 g/mol. The van der Waals surface area contributed by atoms with Crippen molar-refractivity contribution < 1.29 is 81.0 Å². The maximum absolute atomic E-state index is 12.7. The van der Waals surface area contributed by atoms with Crippen LogP contribution in [0.25, 0.3) is 10.4 Å². The Morgan fingerprint density at radius 2 is 1.88 bits per heavy atom. The molecule has 2 aromatic rings. The number of hydrogen-bond donors (Lipinski definition) is 1. The first-order valence-corrected chi connectivity index (χ1v) is 14.9. The van der Waals surface area contributed by atoms with Gasteiger partial charge in [-0.05, 0) is 41.2 Å². The molecule has 0 bridgehead atoms. The van der Waals surface area contributed by atoms with E-state index in [1.165, 1.54) is 44.0 Å². The molecule has 4 rings (SSSR count). The van der Waals surface area contributed by atoms with Crippen LogP contribution in [0.2, 0.25) is 0 Å². The van der Waals surface area contributed by atoms with Gasteiger partial charge < -0.3 is 30.5 Å². The number of nitrogens with zero attached hydrogens (tertiary/aromatic N) is 1. The fourth-order valence-electron chi connectivity index (χ4n) is 4.22. The predicted octanol–water partition coefficient (Wildman–Crippen LogP) is 2.07. The molecule has 1 saturated carbocycles. The summed E-state index contributed by atoms with van der Waals surface area (Å²) in [5.41, 5.74) is 6.83. The van der Waals surface area contributed by atoms with Crippen LogP contribution in [-0.4, -0.2) is 42.4 Å². The summed E-state index contributed by atoms with van der Waals surface area (Å²) >= 11 is 1.71. The van der Waals surface area contributed by atoms with Gasteiger partial charge in [-0.25, -0.2) is 4.98 Å². The fraction of sp³-hybridized carbons (Fsp3) is 0.667. The molecule has 10 heteroatoms. The Morgan fingerprint density at radius 1 is 1.23 bits per heavy atom. The molecule has 2 heterocycles. The minimum absolute atomic E-state index is 0. The molecule has 0 radical (unpaired) electrons. The minimum Gasteiger partial charge on any atom is -0.835 e. The molecule has 1 aromatic heterocycles. The van der Waals surface area contributed by atoms with Crippen LogP contribution in [0.1, 0.15) is 102 Å². The molecule has 0 spiro atoms. The first-order valence-electron chi connectivity index (χ1n) is 14.1. The predicted molar refractivity (Wildman–Crippen MR) is 155 cm³/mol. The molecule has 40 heavy (non-hydrogen) atoms. The van der Waals surface area contributed by atoms with Crippen LogP contribution in [0.3, 0.4) is 0 Å². The number of nitrogens with two attached hydrogens (primary N) is 1. The second-order valence-corrected chi connectivity index (χ2v) is 11.4. The second-order valence-electron chi connectivity index (χ2n) is 10.3. The zero-order chi connectivity index (χ0) is 28.1. The molecular formula is C30H49KN2O6S. The molecule has 2 fully saturated rings. The summed E-state index contributed by atoms with van der Waals surface area (Å²) in [6.07, 6.45) is 8.77. The van der Waals surface area contributed by atoms with E-state index in [1.54, 1.807) is 18.3 Å². The number of ether oxygens (including phenoxy) is 3. The van der Waals surface area contributed by atoms with E-state index >= 15 is 0 Å². The van der Waals surface area contributed by atoms with Crippen LogP contribution < -0.4 is 62.2 Å². The number of thiazole rings is 1. The number of hydrogen-bond acceptors (Lipinski definition) is 8. The van der Waals surface area contributed by atoms with Crippen molar-refractivity contribution >= 4 is 17.3 Å². The summed E-state index contributed by atoms with van der Waals surface area (Å²) in [6.45, 7) is 13.9. The summed E-state index contributed by atoms with van der Waals surface area (Å²) < 4.78 is 15.4. The first-order chi connectivity index (χ1) is 18.2. The van der Waals surface area contributed by atoms with E-state index in [1.807, 2.05) is 38.2 Å². The Labute approximate surface area is 287 Å². The second kappa shape index (κ2) is 20.6. The Hall–Kier alpha value is -0.244. The van der Waals surface area contributed by atoms with E-state index in [2.05, 4.69) is 18.8 Å². The molecule has 8 nitrogen and oxygen atoms in total. The van der Waals surface area contributed by atoms with E-state index < -0.39 is 5.72 Å². The quantitative estimate of drug-likeness (QED) is 0.263. The van der Waals surface area contributed by atoms with Crippen molar-refractivity contribution in [3.63, 3.8) is 0 Å². The molecule has 1 aromatic carbocycles. The van der Waals surface area contributed by atoms with Gasteiger partial charge >= 0.3 is 57.4 Å². The maximum Gasteiger partial charge on any atom is 1.00 e. The molecule has 1 saturated heterocycles. The Morgan fingerprint density at radius 3 is 2.40 bits per heavy atom. The normalized spacial score (nSPS) is 16.5. The van der Waals surface area contributed by atoms with Gasteiger partial charge in [0.15, 0.2) is 0 Å². The van der Waals surface area contributed by atoms with Crippen LogP contribution in [0, 0.1) is 5.92 Å². The largest absolute Gasteiger partial charge is 1.00 e. The maximum atomic E-state index is 12.7. The van der Waals surface area contributed by atoms with Gasteiger partial charge in [0.2, 0.25) is 0 Å². The van der Waals surface area contributed by atoms with Gasteiger partial charge in [-0.15, -0.1) is 11.3 Å². The third-order valence-electron chi connectivity index (χ3n) is 6.28. The Kier molecular flexibility index (Phi) is 20.5. The summed E-state index contributed by atoms with van der Waals surface area (Å²) in [7, 11) is 0. The average Bonchev–Trinajstić information content (AvgIpc) is 3.38. The number of esters is 1. The van der Waals surface area contributed by atoms with Gasteiger partial charge in [0.25, 0.3) is 0 Å². The number of rotatable bonds is 9. The monoisotopic (exact) mass is 604 g/mol. The van der Waals surface area contributed by atoms with Crippen molar-refractivity contribution in [2.45, 2.75) is 104 Å². The molecule has 1 aliphatic heterocycles. The summed E-state index contributed by atoms with van der Waals surface area (Å²) in [4.78, 5) is 16.3. The first kappa shape index (κ1) is 39.8. The zero-order valence-corrected chi connectivity index (χ0v) is 29.5. The zero-order valence-electron chi connectivity index (χ0n) is 25.6. The van der Waals surface area contributed by atoms with Crippen LogP contribution in [0.15, 0.2) is 24.4 Å². The average molecular weight is 605 g/mol. The number of carbonyl (C=O) groups is 1. The Balaban J connectivity index is 0.000000993. The molecule has 1 aliphatic carbocycles. The van der Waals surface area contributed by atoms with E-state index in [4.69, 9.17) is 19.9 Å². The van der Waals surface area contributed by atoms with Gasteiger partial charge in [-0.2, -0.15) is 0 Å². The van der Waals surface area contributed by atoms with Gasteiger partial charge in [-0.1, -0.05) is 79.0 Å². The van der Waals surface area contributed by atoms with E-state index in [9.17, 15) is 9.90 Å². The van der Waals surface area contributed by atoms with Gasteiger partial charge in [0, 0.05) is 25.1 Å². The smallest absolute Gasteiger partial charge is 0.835 e. The molecule has 1 atom stereocenters. The molecule has 222 valence electrons. The summed E-state index contributed by atoms with van der Waals surface area (Å²) in [5, 5.41) is 13.9. The molecule has 1 unspecified atom stereocenters. The van der Waals surface area contributed by atoms with Crippen LogP contribution in [-0.2, 0) is 31.3 Å². The van der Waals surface area contributed by atoms with Crippen LogP contribution >= 0.6 is 11.3 Å². The molecule has 2 aliphatic rings. The standard InChI is InChI=1S/C22H31N2O2S.C6H10O3.C2H6.K.H2O/c1-15(2)13-26-14-16-9-10-18(19(11-16)22(3,23)25)20-12-24-21(27-20)17-7-5-4-6-8-17;1-2-6(7)9-5-3-8-4-5;1-2;;/h9-12,15,17H,4-8,13-14,23H2,1-3H3;5H,2-4H2,1H3;1-2H3;;1H2/q-1;;;+1;. The summed E-state index contributed by atoms with van der Waals surface area (Å²) in [5.74, 6) is 0.919. The van der Waals surface area contributed by atoms with Crippen molar-refractivity contribution in [3.05, 3.63) is 40.5 Å². The van der Waals surface area contributed by atoms with Crippen molar-refractivity contribution in [1.82, 2.24) is 4.98 Å². The van der Waals surface area contributed by atoms with E-state index in [0.29, 0.717) is 50.2 Å². The van der Waals surface area contributed by atoms with E-state index in [-0.39, 0.29) is 68.9 Å². The van der Waals surface area contributed by atoms with Crippen LogP contribution in [0.4, 0.5) is 0 Å². The van der Waals surface area contributed by atoms with Gasteiger partial charge in [-0.3, -0.25) is 4.79 Å². The van der Waals surface area contributed by atoms with Crippen molar-refractivity contribution in [3.8, 4) is 10.4 Å². The van der Waals surface area contributed by atoms with Gasteiger partial charge in [0.05, 0.1) is 29.7 Å². The van der Waals surface area contributed by atoms with Crippen molar-refractivity contribution in [2.24, 2.45) is 11.7 Å². The summed E-state index contributed by atoms with van der Waals surface area (Å²) in [6, 6.07) is 5.94. The Bertz CT molecular complexity index is 969. The third-order valence-corrected chi connectivity index (χ3v) is 7.47. The van der Waals surface area contributed by atoms with E-state index in [0.717, 1.165) is 16.0 Å². The number of carbonyl (C=O) groups excluding carboxylic acids is 1. The van der Waals surface area contributed by atoms with Crippen LogP contribution in [0.5, 0.6) is 0 Å². The minimum atomic E-state index is -1.65. The fourth-order valence-corrected chi connectivity index (χ4v) is 5.35. The van der Waals surface area contributed by atoms with Crippen molar-refractivity contribution in [2.75, 3.05) is 19.8 Å². The number of benzene rings is 1. The topological polar surface area (TPSA) is 138 Å². The molecule has 4 N–H and O–H groups in total. The van der Waals surface area contributed by atoms with Gasteiger partial charge in [0.1, 0.15) is 6.10 Å². The molecule has 0 amide bonds. The SMILES string of the molecule is CC.CC(C)COCc1ccc(-c2cnc(C3CCCCC3)s2)c(C(C)(N)[O-])c1.CCC(=O)OC1COC1.O.[K+]. The number of aromatic nitrogens is 1. The third kappa shape index (κ3) is 13.4.